The van der Waals surface area contributed by atoms with Gasteiger partial charge in [-0.3, -0.25) is 9.59 Å². The molecule has 0 rings (SSSR count). The van der Waals surface area contributed by atoms with Gasteiger partial charge in [0.05, 0.1) is 0 Å². The van der Waals surface area contributed by atoms with Gasteiger partial charge in [0.25, 0.3) is 0 Å². The summed E-state index contributed by atoms with van der Waals surface area (Å²) in [5.74, 6) is 1.13. The first kappa shape index (κ1) is 17.2. The molecule has 1 N–H and O–H groups in total. The predicted octanol–water partition coefficient (Wildman–Crippen LogP) is 0.0581. The van der Waals surface area contributed by atoms with Crippen molar-refractivity contribution in [3.8, 4) is 0 Å². The highest BCUT2D eigenvalue weighted by atomic mass is 16.4. The molecule has 0 aromatic rings. The van der Waals surface area contributed by atoms with Gasteiger partial charge in [-0.25, -0.2) is 9.59 Å². The van der Waals surface area contributed by atoms with Crippen LogP contribution >= 0.6 is 0 Å². The minimum Gasteiger partial charge on any atom is -0.481 e. The van der Waals surface area contributed by atoms with Crippen molar-refractivity contribution in [2.24, 2.45) is 0 Å². The van der Waals surface area contributed by atoms with Crippen LogP contribution in [-0.4, -0.2) is 28.7 Å². The van der Waals surface area contributed by atoms with E-state index >= 15 is 0 Å². The van der Waals surface area contributed by atoms with Crippen molar-refractivity contribution in [1.29, 1.82) is 0 Å². The standard InChI is InChI=1S/C4H6O3.2C2H2O/c1-3(5)2-4(6)7;2*1-2-3/h2H2,1H3,(H,6,7);2*1H2. The number of ketones is 1. The average Bonchev–Trinajstić information content (AvgIpc) is 1.86. The van der Waals surface area contributed by atoms with E-state index in [2.05, 4.69) is 13.2 Å². The van der Waals surface area contributed by atoms with Gasteiger partial charge in [-0.2, -0.15) is 0 Å². The lowest BCUT2D eigenvalue weighted by molar-refractivity contribution is -0.139. The van der Waals surface area contributed by atoms with Gasteiger partial charge >= 0.3 is 5.97 Å². The molecule has 0 fully saturated rings. The summed E-state index contributed by atoms with van der Waals surface area (Å²) >= 11 is 0. The Hall–Kier alpha value is -1.96. The van der Waals surface area contributed by atoms with E-state index in [1.807, 2.05) is 0 Å². The topological polar surface area (TPSA) is 88.5 Å². The smallest absolute Gasteiger partial charge is 0.310 e. The molecule has 0 aromatic heterocycles. The molecule has 0 unspecified atom stereocenters. The van der Waals surface area contributed by atoms with E-state index in [4.69, 9.17) is 14.7 Å². The molecule has 13 heavy (non-hydrogen) atoms. The Morgan fingerprint density at radius 2 is 1.46 bits per heavy atom. The Kier molecular flexibility index (Phi) is 21.9. The Bertz CT molecular complexity index is 193. The summed E-state index contributed by atoms with van der Waals surface area (Å²) in [6.07, 6.45) is -0.361. The van der Waals surface area contributed by atoms with Crippen molar-refractivity contribution in [1.82, 2.24) is 0 Å². The number of aliphatic carboxylic acids is 1. The van der Waals surface area contributed by atoms with Crippen molar-refractivity contribution >= 4 is 23.6 Å². The van der Waals surface area contributed by atoms with Gasteiger partial charge in [-0.05, 0) is 20.1 Å². The fourth-order valence-electron chi connectivity index (χ4n) is 0.213. The van der Waals surface area contributed by atoms with Gasteiger partial charge in [0, 0.05) is 0 Å². The van der Waals surface area contributed by atoms with E-state index in [0.717, 1.165) is 0 Å². The number of carboxylic acids is 1. The van der Waals surface area contributed by atoms with E-state index < -0.39 is 5.97 Å². The van der Waals surface area contributed by atoms with Crippen molar-refractivity contribution < 1.29 is 24.3 Å². The van der Waals surface area contributed by atoms with Crippen LogP contribution in [0.3, 0.4) is 0 Å². The molecule has 0 bridgehead atoms. The number of carbonyl (C=O) groups excluding carboxylic acids is 3. The molecule has 0 saturated carbocycles. The van der Waals surface area contributed by atoms with Crippen LogP contribution in [-0.2, 0) is 19.2 Å². The van der Waals surface area contributed by atoms with Crippen molar-refractivity contribution in [3.63, 3.8) is 0 Å². The minimum absolute atomic E-state index is 0.312. The van der Waals surface area contributed by atoms with Crippen molar-refractivity contribution in [2.45, 2.75) is 13.3 Å². The number of hydrogen-bond donors (Lipinski definition) is 1. The molecule has 72 valence electrons. The van der Waals surface area contributed by atoms with Gasteiger partial charge in [0.1, 0.15) is 24.1 Å². The first-order valence-electron chi connectivity index (χ1n) is 2.95. The highest BCUT2D eigenvalue weighted by molar-refractivity contribution is 5.93. The second-order valence-corrected chi connectivity index (χ2v) is 1.56. The van der Waals surface area contributed by atoms with Crippen LogP contribution in [0.5, 0.6) is 0 Å². The first-order valence-corrected chi connectivity index (χ1v) is 2.95. The normalized spacial score (nSPS) is 5.62. The monoisotopic (exact) mass is 186 g/mol. The summed E-state index contributed by atoms with van der Waals surface area (Å²) in [5.41, 5.74) is 0. The third-order valence-electron chi connectivity index (χ3n) is 0.400. The molecule has 0 amide bonds. The lowest BCUT2D eigenvalue weighted by Gasteiger charge is -1.80. The van der Waals surface area contributed by atoms with E-state index in [-0.39, 0.29) is 12.2 Å². The summed E-state index contributed by atoms with van der Waals surface area (Å²) in [7, 11) is 0. The zero-order chi connectivity index (χ0) is 11.3. The van der Waals surface area contributed by atoms with E-state index in [9.17, 15) is 9.59 Å². The second kappa shape index (κ2) is 16.6. The molecule has 0 heterocycles. The number of Topliss-reactive ketones (excluding diaryl/α,β-unsaturated/α-hetero) is 1. The number of rotatable bonds is 2. The van der Waals surface area contributed by atoms with Gasteiger partial charge in [0.2, 0.25) is 0 Å². The number of carboxylic acid groups (broad SMARTS) is 1. The molecular weight excluding hydrogens is 176 g/mol. The predicted molar refractivity (Wildman–Crippen MR) is 45.6 cm³/mol. The SMILES string of the molecule is C=C=O.C=C=O.CC(=O)CC(=O)O. The molecule has 0 spiro atoms. The van der Waals surface area contributed by atoms with Crippen LogP contribution in [0.15, 0.2) is 13.2 Å². The lowest BCUT2D eigenvalue weighted by atomic mass is 10.3. The van der Waals surface area contributed by atoms with Gasteiger partial charge in [-0.15, -0.1) is 0 Å². The molecular formula is C8H10O5. The third kappa shape index (κ3) is 156. The van der Waals surface area contributed by atoms with Gasteiger partial charge < -0.3 is 5.11 Å². The highest BCUT2D eigenvalue weighted by Crippen LogP contribution is 1.77. The van der Waals surface area contributed by atoms with Crippen molar-refractivity contribution in [2.75, 3.05) is 0 Å². The first-order chi connectivity index (χ1) is 5.95. The molecule has 0 saturated heterocycles. The number of hydrogen-bond acceptors (Lipinski definition) is 4. The van der Waals surface area contributed by atoms with Crippen LogP contribution < -0.4 is 0 Å². The fraction of sp³-hybridized carbons (Fsp3) is 0.250. The van der Waals surface area contributed by atoms with Crippen LogP contribution in [0.4, 0.5) is 0 Å². The van der Waals surface area contributed by atoms with Crippen LogP contribution in [0.2, 0.25) is 0 Å². The van der Waals surface area contributed by atoms with Crippen LogP contribution in [0.25, 0.3) is 0 Å². The maximum atomic E-state index is 9.87. The largest absolute Gasteiger partial charge is 0.481 e. The summed E-state index contributed by atoms with van der Waals surface area (Å²) < 4.78 is 0. The Labute approximate surface area is 75.4 Å². The Morgan fingerprint density at radius 1 is 1.23 bits per heavy atom. The van der Waals surface area contributed by atoms with Crippen molar-refractivity contribution in [3.05, 3.63) is 13.2 Å². The van der Waals surface area contributed by atoms with E-state index in [0.29, 0.717) is 0 Å². The Morgan fingerprint density at radius 3 is 1.46 bits per heavy atom. The zero-order valence-electron chi connectivity index (χ0n) is 7.20. The van der Waals surface area contributed by atoms with Gasteiger partial charge in [-0.1, -0.05) is 0 Å². The maximum Gasteiger partial charge on any atom is 0.310 e. The Balaban J connectivity index is -0.000000140. The summed E-state index contributed by atoms with van der Waals surface area (Å²) in [4.78, 5) is 36.6. The molecule has 0 aliphatic heterocycles. The second-order valence-electron chi connectivity index (χ2n) is 1.56. The fourth-order valence-corrected chi connectivity index (χ4v) is 0.213. The summed E-state index contributed by atoms with van der Waals surface area (Å²) in [6, 6.07) is 0. The van der Waals surface area contributed by atoms with Crippen LogP contribution in [0, 0.1) is 0 Å². The quantitative estimate of drug-likeness (QED) is 0.486. The van der Waals surface area contributed by atoms with E-state index in [1.165, 1.54) is 18.8 Å². The number of carbonyl (C=O) groups is 2. The maximum absolute atomic E-state index is 9.87. The highest BCUT2D eigenvalue weighted by Gasteiger charge is 1.98. The molecule has 0 aliphatic carbocycles. The molecule has 0 atom stereocenters. The summed E-state index contributed by atoms with van der Waals surface area (Å²) in [6.45, 7) is 6.61. The molecule has 0 aliphatic rings. The molecule has 5 nitrogen and oxygen atoms in total. The molecule has 0 radical (unpaired) electrons. The minimum atomic E-state index is -1.06. The average molecular weight is 186 g/mol. The van der Waals surface area contributed by atoms with Crippen LogP contribution in [0.1, 0.15) is 13.3 Å². The molecule has 0 aromatic carbocycles. The summed E-state index contributed by atoms with van der Waals surface area (Å²) in [5, 5.41) is 7.86. The third-order valence-corrected chi connectivity index (χ3v) is 0.400. The molecule has 5 heteroatoms. The van der Waals surface area contributed by atoms with E-state index in [1.54, 1.807) is 0 Å². The van der Waals surface area contributed by atoms with Gasteiger partial charge in [0.15, 0.2) is 0 Å². The lowest BCUT2D eigenvalue weighted by Crippen LogP contribution is -2.00. The zero-order valence-corrected chi connectivity index (χ0v) is 7.20.